The number of aromatic nitrogens is 2. The minimum absolute atomic E-state index is 0.266. The van der Waals surface area contributed by atoms with E-state index < -0.39 is 11.6 Å². The zero-order valence-corrected chi connectivity index (χ0v) is 9.99. The van der Waals surface area contributed by atoms with Gasteiger partial charge in [-0.2, -0.15) is 0 Å². The zero-order valence-electron chi connectivity index (χ0n) is 9.17. The third-order valence-corrected chi connectivity index (χ3v) is 3.81. The summed E-state index contributed by atoms with van der Waals surface area (Å²) in [7, 11) is 0. The van der Waals surface area contributed by atoms with Crippen molar-refractivity contribution in [2.75, 3.05) is 0 Å². The van der Waals surface area contributed by atoms with Crippen LogP contribution in [0.1, 0.15) is 19.3 Å². The third kappa shape index (κ3) is 1.69. The molecule has 2 nitrogen and oxygen atoms in total. The predicted octanol–water partition coefficient (Wildman–Crippen LogP) is 3.78. The Morgan fingerprint density at radius 3 is 2.76 bits per heavy atom. The molecule has 0 saturated heterocycles. The van der Waals surface area contributed by atoms with Crippen LogP contribution in [0.3, 0.4) is 0 Å². The van der Waals surface area contributed by atoms with Crippen molar-refractivity contribution in [2.24, 2.45) is 5.92 Å². The van der Waals surface area contributed by atoms with Crippen LogP contribution in [0.2, 0.25) is 0 Å². The molecule has 1 fully saturated rings. The Hall–Kier alpha value is -1.23. The highest BCUT2D eigenvalue weighted by molar-refractivity contribution is 7.71. The molecule has 0 atom stereocenters. The molecule has 2 aromatic rings. The van der Waals surface area contributed by atoms with E-state index in [1.165, 1.54) is 12.5 Å². The van der Waals surface area contributed by atoms with Gasteiger partial charge in [-0.3, -0.25) is 0 Å². The van der Waals surface area contributed by atoms with Crippen LogP contribution in [-0.2, 0) is 6.54 Å². The van der Waals surface area contributed by atoms with Crippen molar-refractivity contribution < 1.29 is 8.78 Å². The van der Waals surface area contributed by atoms with E-state index in [0.29, 0.717) is 22.8 Å². The Bertz CT molecular complexity index is 625. The standard InChI is InChI=1S/C12H12F2N2S/c13-8-4-5-9-11(10(8)14)16(12(17)15-9)6-7-2-1-3-7/h4-5,7H,1-3,6H2,(H,15,17). The largest absolute Gasteiger partial charge is 0.330 e. The lowest BCUT2D eigenvalue weighted by Crippen LogP contribution is -2.18. The number of rotatable bonds is 2. The maximum absolute atomic E-state index is 13.8. The summed E-state index contributed by atoms with van der Waals surface area (Å²) in [5.41, 5.74) is 0.829. The fourth-order valence-electron chi connectivity index (χ4n) is 2.30. The Labute approximate surface area is 102 Å². The van der Waals surface area contributed by atoms with Gasteiger partial charge in [0.05, 0.1) is 5.52 Å². The molecule has 1 aromatic heterocycles. The van der Waals surface area contributed by atoms with Gasteiger partial charge in [0, 0.05) is 6.54 Å². The van der Waals surface area contributed by atoms with Gasteiger partial charge in [-0.25, -0.2) is 8.78 Å². The number of halogens is 2. The van der Waals surface area contributed by atoms with Crippen LogP contribution in [0.4, 0.5) is 8.78 Å². The van der Waals surface area contributed by atoms with Crippen molar-refractivity contribution in [2.45, 2.75) is 25.8 Å². The second-order valence-corrected chi connectivity index (χ2v) is 4.98. The van der Waals surface area contributed by atoms with Gasteiger partial charge in [-0.15, -0.1) is 0 Å². The molecule has 1 saturated carbocycles. The molecular weight excluding hydrogens is 242 g/mol. The first-order valence-electron chi connectivity index (χ1n) is 5.73. The number of nitrogens with one attached hydrogen (secondary N) is 1. The average Bonchev–Trinajstić information content (AvgIpc) is 2.55. The summed E-state index contributed by atoms with van der Waals surface area (Å²) in [6.45, 7) is 0.680. The Morgan fingerprint density at radius 2 is 2.12 bits per heavy atom. The second kappa shape index (κ2) is 3.91. The first-order valence-corrected chi connectivity index (χ1v) is 6.14. The monoisotopic (exact) mass is 254 g/mol. The first-order chi connectivity index (χ1) is 8.16. The van der Waals surface area contributed by atoms with Gasteiger partial charge in [0.25, 0.3) is 0 Å². The maximum Gasteiger partial charge on any atom is 0.184 e. The van der Waals surface area contributed by atoms with Crippen molar-refractivity contribution in [3.05, 3.63) is 28.5 Å². The highest BCUT2D eigenvalue weighted by atomic mass is 32.1. The van der Waals surface area contributed by atoms with Crippen molar-refractivity contribution in [1.29, 1.82) is 0 Å². The van der Waals surface area contributed by atoms with Crippen LogP contribution in [0.15, 0.2) is 12.1 Å². The van der Waals surface area contributed by atoms with Crippen LogP contribution < -0.4 is 0 Å². The minimum atomic E-state index is -0.825. The summed E-state index contributed by atoms with van der Waals surface area (Å²) < 4.78 is 29.2. The molecule has 0 unspecified atom stereocenters. The molecule has 1 heterocycles. The lowest BCUT2D eigenvalue weighted by atomic mass is 9.85. The number of hydrogen-bond acceptors (Lipinski definition) is 1. The minimum Gasteiger partial charge on any atom is -0.330 e. The van der Waals surface area contributed by atoms with Gasteiger partial charge >= 0.3 is 0 Å². The quantitative estimate of drug-likeness (QED) is 0.809. The zero-order chi connectivity index (χ0) is 12.0. The summed E-state index contributed by atoms with van der Waals surface area (Å²) >= 11 is 5.16. The van der Waals surface area contributed by atoms with E-state index in [1.54, 1.807) is 4.57 Å². The highest BCUT2D eigenvalue weighted by Crippen LogP contribution is 2.30. The molecule has 0 aliphatic heterocycles. The van der Waals surface area contributed by atoms with Crippen LogP contribution >= 0.6 is 12.2 Å². The Morgan fingerprint density at radius 1 is 1.35 bits per heavy atom. The average molecular weight is 254 g/mol. The fourth-order valence-corrected chi connectivity index (χ4v) is 2.57. The molecule has 1 aliphatic rings. The van der Waals surface area contributed by atoms with Crippen LogP contribution in [-0.4, -0.2) is 9.55 Å². The molecular formula is C12H12F2N2S. The van der Waals surface area contributed by atoms with Crippen LogP contribution in [0.5, 0.6) is 0 Å². The molecule has 17 heavy (non-hydrogen) atoms. The number of imidazole rings is 1. The molecule has 1 N–H and O–H groups in total. The molecule has 1 aromatic carbocycles. The second-order valence-electron chi connectivity index (χ2n) is 4.60. The van der Waals surface area contributed by atoms with Crippen molar-refractivity contribution in [3.63, 3.8) is 0 Å². The normalized spacial score (nSPS) is 16.4. The number of aromatic amines is 1. The van der Waals surface area contributed by atoms with Gasteiger partial charge < -0.3 is 9.55 Å². The fraction of sp³-hybridized carbons (Fsp3) is 0.417. The van der Waals surface area contributed by atoms with Gasteiger partial charge in [-0.1, -0.05) is 6.42 Å². The van der Waals surface area contributed by atoms with E-state index in [1.807, 2.05) is 0 Å². The van der Waals surface area contributed by atoms with Gasteiger partial charge in [0.2, 0.25) is 0 Å². The van der Waals surface area contributed by atoms with Crippen LogP contribution in [0.25, 0.3) is 11.0 Å². The topological polar surface area (TPSA) is 20.7 Å². The van der Waals surface area contributed by atoms with E-state index in [-0.39, 0.29) is 5.52 Å². The summed E-state index contributed by atoms with van der Waals surface area (Å²) in [4.78, 5) is 2.92. The molecule has 5 heteroatoms. The van der Waals surface area contributed by atoms with E-state index in [0.717, 1.165) is 18.9 Å². The molecule has 0 bridgehead atoms. The molecule has 0 spiro atoms. The summed E-state index contributed by atoms with van der Waals surface area (Å²) in [6.07, 6.45) is 3.51. The number of H-pyrrole nitrogens is 1. The van der Waals surface area contributed by atoms with Crippen molar-refractivity contribution in [1.82, 2.24) is 9.55 Å². The molecule has 0 radical (unpaired) electrons. The van der Waals surface area contributed by atoms with Crippen LogP contribution in [0, 0.1) is 22.3 Å². The lowest BCUT2D eigenvalue weighted by Gasteiger charge is -2.25. The lowest BCUT2D eigenvalue weighted by molar-refractivity contribution is 0.277. The Balaban J connectivity index is 2.17. The number of hydrogen-bond donors (Lipinski definition) is 1. The SMILES string of the molecule is Fc1ccc2[nH]c(=S)n(CC3CCC3)c2c1F. The number of benzene rings is 1. The summed E-state index contributed by atoms with van der Waals surface area (Å²) in [5, 5.41) is 0. The van der Waals surface area contributed by atoms with Gasteiger partial charge in [0.1, 0.15) is 5.52 Å². The highest BCUT2D eigenvalue weighted by Gasteiger charge is 2.21. The molecule has 90 valence electrons. The van der Waals surface area contributed by atoms with Crippen molar-refractivity contribution in [3.8, 4) is 0 Å². The maximum atomic E-state index is 13.8. The van der Waals surface area contributed by atoms with Crippen molar-refractivity contribution >= 4 is 23.3 Å². The van der Waals surface area contributed by atoms with Gasteiger partial charge in [-0.05, 0) is 43.1 Å². The summed E-state index contributed by atoms with van der Waals surface area (Å²) in [5.74, 6) is -1.09. The third-order valence-electron chi connectivity index (χ3n) is 3.49. The van der Waals surface area contributed by atoms with Gasteiger partial charge in [0.15, 0.2) is 16.4 Å². The van der Waals surface area contributed by atoms with E-state index in [2.05, 4.69) is 4.98 Å². The molecule has 1 aliphatic carbocycles. The first kappa shape index (κ1) is 10.9. The van der Waals surface area contributed by atoms with E-state index in [4.69, 9.17) is 12.2 Å². The van der Waals surface area contributed by atoms with E-state index in [9.17, 15) is 8.78 Å². The number of fused-ring (bicyclic) bond motifs is 1. The predicted molar refractivity (Wildman–Crippen MR) is 64.4 cm³/mol. The Kier molecular flexibility index (Phi) is 2.50. The smallest absolute Gasteiger partial charge is 0.184 e. The summed E-state index contributed by atoms with van der Waals surface area (Å²) in [6, 6.07) is 2.65. The molecule has 0 amide bonds. The molecule has 3 rings (SSSR count). The van der Waals surface area contributed by atoms with E-state index >= 15 is 0 Å². The number of nitrogens with zero attached hydrogens (tertiary/aromatic N) is 1.